The molecule has 0 saturated heterocycles. The van der Waals surface area contributed by atoms with Gasteiger partial charge in [-0.15, -0.1) is 0 Å². The Morgan fingerprint density at radius 2 is 1.34 bits per heavy atom. The predicted molar refractivity (Wildman–Crippen MR) is 143 cm³/mol. The van der Waals surface area contributed by atoms with Gasteiger partial charge in [-0.05, 0) is 48.7 Å². The molecule has 196 valence electrons. The predicted octanol–water partition coefficient (Wildman–Crippen LogP) is 8.92. The number of halogens is 3. The number of esters is 1. The van der Waals surface area contributed by atoms with Crippen LogP contribution in [0.2, 0.25) is 0 Å². The van der Waals surface area contributed by atoms with Gasteiger partial charge in [0.25, 0.3) is 0 Å². The van der Waals surface area contributed by atoms with Gasteiger partial charge in [0.1, 0.15) is 5.75 Å². The third-order valence-corrected chi connectivity index (χ3v) is 6.25. The van der Waals surface area contributed by atoms with Gasteiger partial charge in [0.05, 0.1) is 12.2 Å². The highest BCUT2D eigenvalue weighted by Gasteiger charge is 2.17. The zero-order chi connectivity index (χ0) is 27.1. The Morgan fingerprint density at radius 1 is 0.737 bits per heavy atom. The lowest BCUT2D eigenvalue weighted by molar-refractivity contribution is 0.0727. The number of rotatable bonds is 10. The highest BCUT2D eigenvalue weighted by molar-refractivity contribution is 5.91. The molecular weight excluding hydrogens is 489 g/mol. The summed E-state index contributed by atoms with van der Waals surface area (Å²) in [5.74, 6) is -3.27. The van der Waals surface area contributed by atoms with E-state index in [-0.39, 0.29) is 22.4 Å². The molecule has 38 heavy (non-hydrogen) atoms. The van der Waals surface area contributed by atoms with Crippen LogP contribution < -0.4 is 9.47 Å². The molecule has 0 saturated carbocycles. The lowest BCUT2D eigenvalue weighted by Gasteiger charge is -2.11. The number of aryl methyl sites for hydroxylation is 1. The highest BCUT2D eigenvalue weighted by atomic mass is 19.2. The van der Waals surface area contributed by atoms with Gasteiger partial charge in [0.2, 0.25) is 0 Å². The van der Waals surface area contributed by atoms with Crippen LogP contribution in [0.4, 0.5) is 13.2 Å². The topological polar surface area (TPSA) is 35.5 Å². The van der Waals surface area contributed by atoms with Crippen molar-refractivity contribution in [3.8, 4) is 33.8 Å². The number of ether oxygens (including phenoxy) is 2. The van der Waals surface area contributed by atoms with Crippen molar-refractivity contribution in [2.75, 3.05) is 6.61 Å². The van der Waals surface area contributed by atoms with Gasteiger partial charge in [-0.2, -0.15) is 0 Å². The fourth-order valence-corrected chi connectivity index (χ4v) is 4.05. The van der Waals surface area contributed by atoms with E-state index in [9.17, 15) is 18.0 Å². The summed E-state index contributed by atoms with van der Waals surface area (Å²) < 4.78 is 55.0. The Bertz CT molecular complexity index is 1400. The third kappa shape index (κ3) is 6.43. The molecule has 0 bridgehead atoms. The van der Waals surface area contributed by atoms with Crippen molar-refractivity contribution in [3.63, 3.8) is 0 Å². The fourth-order valence-electron chi connectivity index (χ4n) is 4.05. The summed E-state index contributed by atoms with van der Waals surface area (Å²) >= 11 is 0. The van der Waals surface area contributed by atoms with E-state index in [0.717, 1.165) is 31.2 Å². The van der Waals surface area contributed by atoms with E-state index in [1.807, 2.05) is 19.1 Å². The Balaban J connectivity index is 1.43. The minimum Gasteiger partial charge on any atom is -0.493 e. The number of carbonyl (C=O) groups is 1. The minimum atomic E-state index is -0.979. The van der Waals surface area contributed by atoms with Crippen molar-refractivity contribution in [2.24, 2.45) is 0 Å². The van der Waals surface area contributed by atoms with Gasteiger partial charge >= 0.3 is 5.97 Å². The fraction of sp³-hybridized carbons (Fsp3) is 0.219. The van der Waals surface area contributed by atoms with Crippen LogP contribution in [0.3, 0.4) is 0 Å². The average Bonchev–Trinajstić information content (AvgIpc) is 2.92. The van der Waals surface area contributed by atoms with Crippen LogP contribution >= 0.6 is 0 Å². The molecule has 4 aromatic carbocycles. The standard InChI is InChI=1S/C32H29F3O3/c1-3-4-5-6-19-37-25-15-18-29(28(33)20-25)38-32(36)24-13-11-23(12-14-24)27-17-16-26(30(34)31(27)35)22-9-7-21(2)8-10-22/h7-18,20H,3-6,19H2,1-2H3. The summed E-state index contributed by atoms with van der Waals surface area (Å²) in [6.45, 7) is 4.53. The molecule has 0 aliphatic heterocycles. The molecule has 4 aromatic rings. The van der Waals surface area contributed by atoms with Gasteiger partial charge in [-0.25, -0.2) is 18.0 Å². The normalized spacial score (nSPS) is 10.9. The van der Waals surface area contributed by atoms with E-state index < -0.39 is 23.4 Å². The van der Waals surface area contributed by atoms with Gasteiger partial charge in [-0.1, -0.05) is 80.3 Å². The van der Waals surface area contributed by atoms with E-state index in [2.05, 4.69) is 6.92 Å². The number of hydrogen-bond acceptors (Lipinski definition) is 3. The molecule has 0 unspecified atom stereocenters. The molecule has 3 nitrogen and oxygen atoms in total. The summed E-state index contributed by atoms with van der Waals surface area (Å²) in [4.78, 5) is 12.6. The van der Waals surface area contributed by atoms with Crippen molar-refractivity contribution in [1.82, 2.24) is 0 Å². The second kappa shape index (κ2) is 12.5. The monoisotopic (exact) mass is 518 g/mol. The summed E-state index contributed by atoms with van der Waals surface area (Å²) in [6, 6.07) is 20.1. The summed E-state index contributed by atoms with van der Waals surface area (Å²) in [5.41, 5.74) is 2.36. The van der Waals surface area contributed by atoms with E-state index in [1.165, 1.54) is 48.5 Å². The average molecular weight is 519 g/mol. The molecule has 0 spiro atoms. The van der Waals surface area contributed by atoms with Crippen molar-refractivity contribution < 1.29 is 27.4 Å². The first-order chi connectivity index (χ1) is 18.4. The molecule has 4 rings (SSSR count). The van der Waals surface area contributed by atoms with Crippen LogP contribution in [-0.2, 0) is 0 Å². The zero-order valence-electron chi connectivity index (χ0n) is 21.4. The van der Waals surface area contributed by atoms with E-state index in [1.54, 1.807) is 18.2 Å². The quantitative estimate of drug-likeness (QED) is 0.119. The van der Waals surface area contributed by atoms with Crippen LogP contribution in [0, 0.1) is 24.4 Å². The number of benzene rings is 4. The number of carbonyl (C=O) groups excluding carboxylic acids is 1. The number of hydrogen-bond donors (Lipinski definition) is 0. The maximum atomic E-state index is 15.0. The Labute approximate surface area is 220 Å². The molecule has 6 heteroatoms. The first-order valence-corrected chi connectivity index (χ1v) is 12.7. The maximum Gasteiger partial charge on any atom is 0.343 e. The zero-order valence-corrected chi connectivity index (χ0v) is 21.4. The largest absolute Gasteiger partial charge is 0.493 e. The first kappa shape index (κ1) is 27.0. The molecule has 0 heterocycles. The second-order valence-corrected chi connectivity index (χ2v) is 9.12. The minimum absolute atomic E-state index is 0.0645. The van der Waals surface area contributed by atoms with Crippen molar-refractivity contribution >= 4 is 5.97 Å². The molecule has 0 fully saturated rings. The molecular formula is C32H29F3O3. The lowest BCUT2D eigenvalue weighted by atomic mass is 9.98. The van der Waals surface area contributed by atoms with Crippen LogP contribution in [-0.4, -0.2) is 12.6 Å². The van der Waals surface area contributed by atoms with Crippen molar-refractivity contribution in [3.05, 3.63) is 107 Å². The molecule has 0 radical (unpaired) electrons. The summed E-state index contributed by atoms with van der Waals surface area (Å²) in [6.07, 6.45) is 4.18. The van der Waals surface area contributed by atoms with Gasteiger partial charge < -0.3 is 9.47 Å². The molecule has 0 amide bonds. The smallest absolute Gasteiger partial charge is 0.343 e. The van der Waals surface area contributed by atoms with Gasteiger partial charge in [0.15, 0.2) is 23.2 Å². The first-order valence-electron chi connectivity index (χ1n) is 12.7. The Hall–Kier alpha value is -4.06. The van der Waals surface area contributed by atoms with E-state index >= 15 is 0 Å². The molecule has 0 aliphatic rings. The molecule has 0 aliphatic carbocycles. The summed E-state index contributed by atoms with van der Waals surface area (Å²) in [5, 5.41) is 0. The van der Waals surface area contributed by atoms with E-state index in [4.69, 9.17) is 9.47 Å². The van der Waals surface area contributed by atoms with Crippen LogP contribution in [0.15, 0.2) is 78.9 Å². The second-order valence-electron chi connectivity index (χ2n) is 9.12. The molecule has 0 N–H and O–H groups in total. The molecule has 0 atom stereocenters. The Kier molecular flexibility index (Phi) is 8.85. The van der Waals surface area contributed by atoms with Crippen LogP contribution in [0.1, 0.15) is 48.5 Å². The van der Waals surface area contributed by atoms with E-state index in [0.29, 0.717) is 23.5 Å². The van der Waals surface area contributed by atoms with Gasteiger partial charge in [-0.3, -0.25) is 0 Å². The van der Waals surface area contributed by atoms with Crippen molar-refractivity contribution in [1.29, 1.82) is 0 Å². The molecule has 0 aromatic heterocycles. The maximum absolute atomic E-state index is 15.0. The third-order valence-electron chi connectivity index (χ3n) is 6.25. The van der Waals surface area contributed by atoms with Crippen LogP contribution in [0.25, 0.3) is 22.3 Å². The van der Waals surface area contributed by atoms with Crippen LogP contribution in [0.5, 0.6) is 11.5 Å². The number of unbranched alkanes of at least 4 members (excludes halogenated alkanes) is 3. The van der Waals surface area contributed by atoms with Crippen molar-refractivity contribution in [2.45, 2.75) is 39.5 Å². The Morgan fingerprint density at radius 3 is 1.92 bits per heavy atom. The van der Waals surface area contributed by atoms with Gasteiger partial charge in [0, 0.05) is 17.2 Å². The summed E-state index contributed by atoms with van der Waals surface area (Å²) in [7, 11) is 0. The highest BCUT2D eigenvalue weighted by Crippen LogP contribution is 2.32. The lowest BCUT2D eigenvalue weighted by Crippen LogP contribution is -2.09. The SMILES string of the molecule is CCCCCCOc1ccc(OC(=O)c2ccc(-c3ccc(-c4ccc(C)cc4)c(F)c3F)cc2)c(F)c1.